The van der Waals surface area contributed by atoms with Crippen LogP contribution in [0.4, 0.5) is 19.0 Å². The van der Waals surface area contributed by atoms with Crippen molar-refractivity contribution in [2.24, 2.45) is 5.73 Å². The number of alkyl halides is 3. The highest BCUT2D eigenvalue weighted by Gasteiger charge is 2.33. The van der Waals surface area contributed by atoms with Crippen LogP contribution in [0.25, 0.3) is 10.8 Å². The zero-order valence-corrected chi connectivity index (χ0v) is 15.6. The molecule has 0 fully saturated rings. The molecule has 136 valence electrons. The van der Waals surface area contributed by atoms with Gasteiger partial charge in [-0.05, 0) is 43.2 Å². The minimum atomic E-state index is -4.43. The quantitative estimate of drug-likeness (QED) is 0.574. The number of nitrogens with one attached hydrogen (secondary N) is 1. The van der Waals surface area contributed by atoms with Crippen LogP contribution in [0.3, 0.4) is 0 Å². The van der Waals surface area contributed by atoms with Crippen molar-refractivity contribution in [3.8, 4) is 0 Å². The summed E-state index contributed by atoms with van der Waals surface area (Å²) >= 11 is 3.41. The van der Waals surface area contributed by atoms with Crippen LogP contribution in [0.2, 0.25) is 0 Å². The SMILES string of the molecule is Cc1c([C@@H](N)Nc2nnc(C)c3ccc(Br)cc23)cccc1C(F)(F)F. The van der Waals surface area contributed by atoms with Crippen molar-refractivity contribution >= 4 is 32.5 Å². The van der Waals surface area contributed by atoms with E-state index in [1.54, 1.807) is 6.07 Å². The maximum atomic E-state index is 13.1. The predicted molar refractivity (Wildman–Crippen MR) is 98.7 cm³/mol. The molecule has 0 unspecified atom stereocenters. The van der Waals surface area contributed by atoms with Gasteiger partial charge in [0, 0.05) is 15.2 Å². The highest BCUT2D eigenvalue weighted by atomic mass is 79.9. The Bertz CT molecular complexity index is 973. The van der Waals surface area contributed by atoms with Gasteiger partial charge in [0.05, 0.1) is 11.3 Å². The molecule has 0 aliphatic carbocycles. The van der Waals surface area contributed by atoms with Gasteiger partial charge in [0.1, 0.15) is 6.17 Å². The summed E-state index contributed by atoms with van der Waals surface area (Å²) < 4.78 is 40.2. The van der Waals surface area contributed by atoms with Gasteiger partial charge in [-0.1, -0.05) is 34.1 Å². The topological polar surface area (TPSA) is 63.8 Å². The number of fused-ring (bicyclic) bond motifs is 1. The first-order chi connectivity index (χ1) is 12.2. The molecular weight excluding hydrogens is 409 g/mol. The molecule has 0 spiro atoms. The average molecular weight is 425 g/mol. The standard InChI is InChI=1S/C18H16BrF3N4/c1-9-12(4-3-5-15(9)18(20,21)22)16(23)24-17-14-8-11(19)6-7-13(14)10(2)25-26-17/h3-8,16H,23H2,1-2H3,(H,24,26)/t16-/m0/s1. The van der Waals surface area contributed by atoms with Crippen molar-refractivity contribution in [3.63, 3.8) is 0 Å². The normalized spacial score (nSPS) is 13.0. The Labute approximate surface area is 156 Å². The van der Waals surface area contributed by atoms with Crippen LogP contribution < -0.4 is 11.1 Å². The lowest BCUT2D eigenvalue weighted by atomic mass is 10.00. The molecule has 26 heavy (non-hydrogen) atoms. The van der Waals surface area contributed by atoms with Crippen molar-refractivity contribution in [1.29, 1.82) is 0 Å². The summed E-state index contributed by atoms with van der Waals surface area (Å²) in [6, 6.07) is 9.62. The van der Waals surface area contributed by atoms with E-state index in [1.165, 1.54) is 13.0 Å². The van der Waals surface area contributed by atoms with Crippen molar-refractivity contribution < 1.29 is 13.2 Å². The number of aryl methyl sites for hydroxylation is 1. The van der Waals surface area contributed by atoms with Gasteiger partial charge in [-0.25, -0.2) is 0 Å². The number of anilines is 1. The van der Waals surface area contributed by atoms with Crippen LogP contribution >= 0.6 is 15.9 Å². The van der Waals surface area contributed by atoms with E-state index < -0.39 is 17.9 Å². The van der Waals surface area contributed by atoms with Gasteiger partial charge in [0.2, 0.25) is 0 Å². The number of halogens is 4. The molecule has 0 aliphatic rings. The van der Waals surface area contributed by atoms with Crippen molar-refractivity contribution in [3.05, 3.63) is 63.3 Å². The Kier molecular flexibility index (Phi) is 4.90. The van der Waals surface area contributed by atoms with Gasteiger partial charge in [0.25, 0.3) is 0 Å². The third-order valence-electron chi connectivity index (χ3n) is 4.23. The molecule has 4 nitrogen and oxygen atoms in total. The fourth-order valence-corrected chi connectivity index (χ4v) is 3.25. The maximum absolute atomic E-state index is 13.1. The largest absolute Gasteiger partial charge is 0.416 e. The van der Waals surface area contributed by atoms with E-state index in [4.69, 9.17) is 5.73 Å². The molecule has 1 aromatic heterocycles. The third-order valence-corrected chi connectivity index (χ3v) is 4.73. The van der Waals surface area contributed by atoms with Crippen LogP contribution in [0.5, 0.6) is 0 Å². The summed E-state index contributed by atoms with van der Waals surface area (Å²) in [5.41, 5.74) is 6.64. The van der Waals surface area contributed by atoms with Gasteiger partial charge < -0.3 is 11.1 Å². The molecule has 0 radical (unpaired) electrons. The molecule has 0 bridgehead atoms. The van der Waals surface area contributed by atoms with Gasteiger partial charge in [-0.2, -0.15) is 18.3 Å². The first kappa shape index (κ1) is 18.6. The number of hydrogen-bond acceptors (Lipinski definition) is 4. The molecule has 0 amide bonds. The average Bonchev–Trinajstić information content (AvgIpc) is 2.56. The van der Waals surface area contributed by atoms with E-state index >= 15 is 0 Å². The molecule has 0 saturated heterocycles. The van der Waals surface area contributed by atoms with E-state index in [9.17, 15) is 13.2 Å². The Morgan fingerprint density at radius 3 is 2.50 bits per heavy atom. The number of nitrogens with two attached hydrogens (primary N) is 1. The Hall–Kier alpha value is -2.19. The summed E-state index contributed by atoms with van der Waals surface area (Å²) in [4.78, 5) is 0. The first-order valence-corrected chi connectivity index (χ1v) is 8.59. The lowest BCUT2D eigenvalue weighted by Gasteiger charge is -2.20. The highest BCUT2D eigenvalue weighted by molar-refractivity contribution is 9.10. The number of aromatic nitrogens is 2. The van der Waals surface area contributed by atoms with Gasteiger partial charge in [-0.3, -0.25) is 0 Å². The van der Waals surface area contributed by atoms with Crippen molar-refractivity contribution in [1.82, 2.24) is 10.2 Å². The van der Waals surface area contributed by atoms with Gasteiger partial charge in [-0.15, -0.1) is 5.10 Å². The second kappa shape index (κ2) is 6.85. The van der Waals surface area contributed by atoms with Crippen molar-refractivity contribution in [2.75, 3.05) is 5.32 Å². The minimum absolute atomic E-state index is 0.0885. The van der Waals surface area contributed by atoms with Crippen LogP contribution in [0.1, 0.15) is 28.6 Å². The summed E-state index contributed by atoms with van der Waals surface area (Å²) in [5.74, 6) is 0.413. The Morgan fingerprint density at radius 1 is 1.08 bits per heavy atom. The van der Waals surface area contributed by atoms with E-state index in [1.807, 2.05) is 25.1 Å². The van der Waals surface area contributed by atoms with Gasteiger partial charge in [0.15, 0.2) is 5.82 Å². The summed E-state index contributed by atoms with van der Waals surface area (Å²) in [7, 11) is 0. The Morgan fingerprint density at radius 2 is 1.81 bits per heavy atom. The molecule has 1 heterocycles. The van der Waals surface area contributed by atoms with E-state index in [0.29, 0.717) is 11.4 Å². The van der Waals surface area contributed by atoms with Crippen molar-refractivity contribution in [2.45, 2.75) is 26.2 Å². The van der Waals surface area contributed by atoms with Crippen LogP contribution in [0.15, 0.2) is 40.9 Å². The molecule has 0 saturated carbocycles. The molecule has 2 aromatic carbocycles. The number of benzene rings is 2. The molecule has 3 N–H and O–H groups in total. The molecule has 1 atom stereocenters. The summed E-state index contributed by atoms with van der Waals surface area (Å²) in [6.07, 6.45) is -5.29. The van der Waals surface area contributed by atoms with E-state index in [0.717, 1.165) is 27.0 Å². The van der Waals surface area contributed by atoms with E-state index in [-0.39, 0.29) is 5.56 Å². The fraction of sp³-hybridized carbons (Fsp3) is 0.222. The fourth-order valence-electron chi connectivity index (χ4n) is 2.89. The molecular formula is C18H16BrF3N4. The van der Waals surface area contributed by atoms with Crippen LogP contribution in [-0.4, -0.2) is 10.2 Å². The summed E-state index contributed by atoms with van der Waals surface area (Å²) in [5, 5.41) is 12.9. The molecule has 8 heteroatoms. The zero-order valence-electron chi connectivity index (χ0n) is 14.0. The highest BCUT2D eigenvalue weighted by Crippen LogP contribution is 2.35. The van der Waals surface area contributed by atoms with Gasteiger partial charge >= 0.3 is 6.18 Å². The zero-order chi connectivity index (χ0) is 19.1. The molecule has 3 aromatic rings. The second-order valence-electron chi connectivity index (χ2n) is 5.96. The Balaban J connectivity index is 2.02. The smallest absolute Gasteiger partial charge is 0.349 e. The molecule has 3 rings (SSSR count). The summed E-state index contributed by atoms with van der Waals surface area (Å²) in [6.45, 7) is 3.25. The van der Waals surface area contributed by atoms with E-state index in [2.05, 4.69) is 31.4 Å². The monoisotopic (exact) mass is 424 g/mol. The predicted octanol–water partition coefficient (Wildman–Crippen LogP) is 5.10. The number of hydrogen-bond donors (Lipinski definition) is 2. The lowest BCUT2D eigenvalue weighted by Crippen LogP contribution is -2.23. The first-order valence-electron chi connectivity index (χ1n) is 7.80. The second-order valence-corrected chi connectivity index (χ2v) is 6.88. The lowest BCUT2D eigenvalue weighted by molar-refractivity contribution is -0.138. The number of nitrogens with zero attached hydrogens (tertiary/aromatic N) is 2. The van der Waals surface area contributed by atoms with Crippen LogP contribution in [-0.2, 0) is 6.18 Å². The minimum Gasteiger partial charge on any atom is -0.349 e. The van der Waals surface area contributed by atoms with Crippen LogP contribution in [0, 0.1) is 13.8 Å². The third kappa shape index (κ3) is 3.52. The molecule has 0 aliphatic heterocycles. The maximum Gasteiger partial charge on any atom is 0.416 e. The number of rotatable bonds is 3.